The monoisotopic (exact) mass is 497 g/mol. The van der Waals surface area contributed by atoms with Crippen LogP contribution in [0.4, 0.5) is 4.79 Å². The van der Waals surface area contributed by atoms with Crippen molar-refractivity contribution >= 4 is 40.9 Å². The number of thioether (sulfide) groups is 1. The van der Waals surface area contributed by atoms with Crippen molar-refractivity contribution in [2.45, 2.75) is 20.8 Å². The third-order valence-electron chi connectivity index (χ3n) is 6.15. The highest BCUT2D eigenvalue weighted by Gasteiger charge is 2.37. The van der Waals surface area contributed by atoms with Crippen molar-refractivity contribution in [3.05, 3.63) is 57.2 Å². The van der Waals surface area contributed by atoms with Crippen molar-refractivity contribution in [2.75, 3.05) is 40.0 Å². The van der Waals surface area contributed by atoms with Gasteiger partial charge in [-0.05, 0) is 74.0 Å². The molecule has 35 heavy (non-hydrogen) atoms. The minimum absolute atomic E-state index is 0.263. The Balaban J connectivity index is 1.57. The lowest BCUT2D eigenvalue weighted by molar-refractivity contribution is -0.139. The second kappa shape index (κ2) is 10.1. The van der Waals surface area contributed by atoms with E-state index >= 15 is 0 Å². The maximum absolute atomic E-state index is 13.0. The van der Waals surface area contributed by atoms with Crippen LogP contribution < -0.4 is 0 Å². The Kier molecular flexibility index (Phi) is 7.13. The largest absolute Gasteiger partial charge is 0.465 e. The van der Waals surface area contributed by atoms with Gasteiger partial charge in [-0.3, -0.25) is 19.3 Å². The number of imide groups is 1. The highest BCUT2D eigenvalue weighted by molar-refractivity contribution is 8.18. The first-order valence-corrected chi connectivity index (χ1v) is 12.0. The molecule has 2 aliphatic rings. The first-order valence-electron chi connectivity index (χ1n) is 11.2. The van der Waals surface area contributed by atoms with E-state index in [0.29, 0.717) is 31.9 Å². The third-order valence-corrected chi connectivity index (χ3v) is 7.05. The molecule has 3 heterocycles. The molecule has 2 aromatic rings. The summed E-state index contributed by atoms with van der Waals surface area (Å²) in [6.07, 6.45) is 1.70. The van der Waals surface area contributed by atoms with E-state index in [4.69, 9.17) is 9.47 Å². The van der Waals surface area contributed by atoms with Gasteiger partial charge in [-0.25, -0.2) is 4.79 Å². The molecule has 0 aliphatic carbocycles. The number of rotatable bonds is 5. The molecular formula is C25H27N3O6S. The minimum atomic E-state index is -0.468. The fourth-order valence-electron chi connectivity index (χ4n) is 4.28. The standard InChI is InChI=1S/C25H27N3O6S/c1-15-11-18(24(31)33-4)5-6-20(15)28-16(2)12-19(17(28)3)13-21-23(30)27(25(32)35-21)14-22(29)26-7-9-34-10-8-26/h5-6,11-13H,7-10,14H2,1-4H3/b21-13+. The Bertz CT molecular complexity index is 1240. The van der Waals surface area contributed by atoms with Gasteiger partial charge in [0.1, 0.15) is 6.54 Å². The topological polar surface area (TPSA) is 98.2 Å². The van der Waals surface area contributed by atoms with Crippen molar-refractivity contribution in [2.24, 2.45) is 0 Å². The summed E-state index contributed by atoms with van der Waals surface area (Å²) in [6, 6.07) is 7.28. The van der Waals surface area contributed by atoms with Crippen LogP contribution in [-0.2, 0) is 19.1 Å². The number of hydrogen-bond donors (Lipinski definition) is 0. The average molecular weight is 498 g/mol. The van der Waals surface area contributed by atoms with Gasteiger partial charge in [0.25, 0.3) is 11.1 Å². The van der Waals surface area contributed by atoms with Crippen LogP contribution in [0.15, 0.2) is 29.2 Å². The van der Waals surface area contributed by atoms with E-state index in [-0.39, 0.29) is 17.4 Å². The lowest BCUT2D eigenvalue weighted by Gasteiger charge is -2.28. The van der Waals surface area contributed by atoms with Gasteiger partial charge in [-0.2, -0.15) is 0 Å². The minimum Gasteiger partial charge on any atom is -0.465 e. The predicted octanol–water partition coefficient (Wildman–Crippen LogP) is 3.08. The van der Waals surface area contributed by atoms with E-state index in [1.807, 2.05) is 37.5 Å². The number of benzene rings is 1. The summed E-state index contributed by atoms with van der Waals surface area (Å²) in [5, 5.41) is -0.453. The Hall–Kier alpha value is -3.37. The lowest BCUT2D eigenvalue weighted by Crippen LogP contribution is -2.46. The molecule has 3 amide bonds. The van der Waals surface area contributed by atoms with Gasteiger partial charge in [-0.15, -0.1) is 0 Å². The normalized spacial score (nSPS) is 17.4. The Morgan fingerprint density at radius 1 is 1.11 bits per heavy atom. The van der Waals surface area contributed by atoms with E-state index in [1.54, 1.807) is 23.1 Å². The molecule has 0 saturated carbocycles. The summed E-state index contributed by atoms with van der Waals surface area (Å²) in [4.78, 5) is 52.8. The Labute approximate surface area is 207 Å². The molecule has 0 N–H and O–H groups in total. The molecular weight excluding hydrogens is 470 g/mol. The van der Waals surface area contributed by atoms with Crippen LogP contribution in [0.2, 0.25) is 0 Å². The number of ether oxygens (including phenoxy) is 2. The molecule has 184 valence electrons. The van der Waals surface area contributed by atoms with Crippen LogP contribution in [0.3, 0.4) is 0 Å². The summed E-state index contributed by atoms with van der Waals surface area (Å²) in [7, 11) is 1.35. The highest BCUT2D eigenvalue weighted by atomic mass is 32.2. The lowest BCUT2D eigenvalue weighted by atomic mass is 10.1. The average Bonchev–Trinajstić information content (AvgIpc) is 3.27. The van der Waals surface area contributed by atoms with Gasteiger partial charge in [0.15, 0.2) is 0 Å². The van der Waals surface area contributed by atoms with Gasteiger partial charge in [0.05, 0.1) is 30.8 Å². The molecule has 0 atom stereocenters. The number of nitrogens with zero attached hydrogens (tertiary/aromatic N) is 3. The number of methoxy groups -OCH3 is 1. The van der Waals surface area contributed by atoms with Crippen molar-refractivity contribution in [1.29, 1.82) is 0 Å². The van der Waals surface area contributed by atoms with Crippen molar-refractivity contribution < 1.29 is 28.7 Å². The van der Waals surface area contributed by atoms with Crippen LogP contribution in [-0.4, -0.2) is 77.3 Å². The Morgan fingerprint density at radius 2 is 1.83 bits per heavy atom. The van der Waals surface area contributed by atoms with Gasteiger partial charge < -0.3 is 18.9 Å². The summed E-state index contributed by atoms with van der Waals surface area (Å²) in [5.74, 6) is -1.13. The number of carbonyl (C=O) groups is 4. The summed E-state index contributed by atoms with van der Waals surface area (Å²) >= 11 is 0.838. The summed E-state index contributed by atoms with van der Waals surface area (Å²) in [5.41, 5.74) is 4.87. The van der Waals surface area contributed by atoms with Gasteiger partial charge in [-0.1, -0.05) is 0 Å². The van der Waals surface area contributed by atoms with Crippen LogP contribution in [0.1, 0.15) is 32.9 Å². The molecule has 0 bridgehead atoms. The van der Waals surface area contributed by atoms with E-state index < -0.39 is 17.1 Å². The zero-order valence-electron chi connectivity index (χ0n) is 20.1. The van der Waals surface area contributed by atoms with Crippen molar-refractivity contribution in [1.82, 2.24) is 14.4 Å². The van der Waals surface area contributed by atoms with Crippen molar-refractivity contribution in [3.63, 3.8) is 0 Å². The zero-order valence-corrected chi connectivity index (χ0v) is 20.9. The number of amides is 3. The summed E-state index contributed by atoms with van der Waals surface area (Å²) in [6.45, 7) is 7.34. The first kappa shape index (κ1) is 24.7. The molecule has 2 aliphatic heterocycles. The fourth-order valence-corrected chi connectivity index (χ4v) is 5.11. The second-order valence-corrected chi connectivity index (χ2v) is 9.41. The summed E-state index contributed by atoms with van der Waals surface area (Å²) < 4.78 is 12.1. The molecule has 0 unspecified atom stereocenters. The van der Waals surface area contributed by atoms with Gasteiger partial charge >= 0.3 is 5.97 Å². The number of morpholine rings is 1. The molecule has 10 heteroatoms. The smallest absolute Gasteiger partial charge is 0.337 e. The molecule has 0 spiro atoms. The van der Waals surface area contributed by atoms with E-state index in [2.05, 4.69) is 0 Å². The SMILES string of the molecule is COC(=O)c1ccc(-n2c(C)cc(/C=C3/SC(=O)N(CC(=O)N4CCOCC4)C3=O)c2C)c(C)c1. The molecule has 1 aromatic heterocycles. The Morgan fingerprint density at radius 3 is 2.49 bits per heavy atom. The number of aromatic nitrogens is 1. The first-order chi connectivity index (χ1) is 16.7. The third kappa shape index (κ3) is 4.89. The van der Waals surface area contributed by atoms with Crippen LogP contribution in [0.5, 0.6) is 0 Å². The van der Waals surface area contributed by atoms with Crippen LogP contribution in [0, 0.1) is 20.8 Å². The quantitative estimate of drug-likeness (QED) is 0.463. The van der Waals surface area contributed by atoms with Crippen LogP contribution >= 0.6 is 11.8 Å². The van der Waals surface area contributed by atoms with E-state index in [0.717, 1.165) is 44.9 Å². The predicted molar refractivity (Wildman–Crippen MR) is 131 cm³/mol. The molecule has 4 rings (SSSR count). The fraction of sp³-hybridized carbons (Fsp3) is 0.360. The molecule has 0 radical (unpaired) electrons. The van der Waals surface area contributed by atoms with Crippen LogP contribution in [0.25, 0.3) is 11.8 Å². The van der Waals surface area contributed by atoms with Crippen molar-refractivity contribution in [3.8, 4) is 5.69 Å². The maximum Gasteiger partial charge on any atom is 0.337 e. The molecule has 2 saturated heterocycles. The number of hydrogen-bond acceptors (Lipinski definition) is 7. The van der Waals surface area contributed by atoms with E-state index in [9.17, 15) is 19.2 Å². The van der Waals surface area contributed by atoms with E-state index in [1.165, 1.54) is 7.11 Å². The zero-order chi connectivity index (χ0) is 25.3. The van der Waals surface area contributed by atoms with Gasteiger partial charge in [0.2, 0.25) is 5.91 Å². The molecule has 2 fully saturated rings. The highest BCUT2D eigenvalue weighted by Crippen LogP contribution is 2.34. The second-order valence-electron chi connectivity index (χ2n) is 8.42. The number of carbonyl (C=O) groups excluding carboxylic acids is 4. The molecule has 1 aromatic carbocycles. The number of aryl methyl sites for hydroxylation is 2. The maximum atomic E-state index is 13.0. The molecule has 9 nitrogen and oxygen atoms in total. The van der Waals surface area contributed by atoms with Gasteiger partial charge in [0, 0.05) is 30.2 Å². The number of esters is 1.